The Balaban J connectivity index is 1.82. The van der Waals surface area contributed by atoms with E-state index in [-0.39, 0.29) is 6.04 Å². The van der Waals surface area contributed by atoms with E-state index in [2.05, 4.69) is 10.6 Å². The van der Waals surface area contributed by atoms with Gasteiger partial charge in [-0.1, -0.05) is 17.7 Å². The van der Waals surface area contributed by atoms with Gasteiger partial charge in [-0.3, -0.25) is 4.79 Å². The zero-order valence-electron chi connectivity index (χ0n) is 10.4. The number of halogens is 1. The van der Waals surface area contributed by atoms with Crippen LogP contribution in [0, 0.1) is 0 Å². The molecule has 0 aliphatic carbocycles. The first-order valence-electron chi connectivity index (χ1n) is 6.25. The van der Waals surface area contributed by atoms with E-state index in [4.69, 9.17) is 21.4 Å². The van der Waals surface area contributed by atoms with Gasteiger partial charge in [0.1, 0.15) is 11.8 Å². The van der Waals surface area contributed by atoms with E-state index in [0.29, 0.717) is 30.3 Å². The fourth-order valence-corrected chi connectivity index (χ4v) is 2.31. The predicted octanol–water partition coefficient (Wildman–Crippen LogP) is 1.12. The summed E-state index contributed by atoms with van der Waals surface area (Å²) in [6.07, 6.45) is 0.622. The molecule has 19 heavy (non-hydrogen) atoms. The number of hydrogen-bond acceptors (Lipinski definition) is 4. The second-order valence-corrected chi connectivity index (χ2v) is 4.86. The van der Waals surface area contributed by atoms with Crippen LogP contribution in [0.5, 0.6) is 5.75 Å². The summed E-state index contributed by atoms with van der Waals surface area (Å²) < 4.78 is 5.57. The van der Waals surface area contributed by atoms with Crippen molar-refractivity contribution in [2.45, 2.75) is 18.5 Å². The highest BCUT2D eigenvalue weighted by Crippen LogP contribution is 2.17. The zero-order valence-corrected chi connectivity index (χ0v) is 11.2. The molecule has 0 bridgehead atoms. The summed E-state index contributed by atoms with van der Waals surface area (Å²) in [5.74, 6) is -0.136. The maximum absolute atomic E-state index is 11.1. The monoisotopic (exact) mass is 284 g/mol. The third-order valence-electron chi connectivity index (χ3n) is 3.06. The molecule has 2 rings (SSSR count). The van der Waals surface area contributed by atoms with Gasteiger partial charge in [0, 0.05) is 24.2 Å². The summed E-state index contributed by atoms with van der Waals surface area (Å²) in [6.45, 7) is 1.89. The van der Waals surface area contributed by atoms with Gasteiger partial charge in [0.15, 0.2) is 0 Å². The molecule has 6 heteroatoms. The number of hydrogen-bond donors (Lipinski definition) is 3. The fourth-order valence-electron chi connectivity index (χ4n) is 2.13. The Morgan fingerprint density at radius 2 is 2.21 bits per heavy atom. The third-order valence-corrected chi connectivity index (χ3v) is 3.29. The molecule has 5 nitrogen and oxygen atoms in total. The molecule has 0 saturated carbocycles. The van der Waals surface area contributed by atoms with Crippen LogP contribution in [0.2, 0.25) is 5.02 Å². The van der Waals surface area contributed by atoms with Crippen LogP contribution in [-0.2, 0) is 4.79 Å². The van der Waals surface area contributed by atoms with E-state index in [1.54, 1.807) is 12.1 Å². The van der Waals surface area contributed by atoms with E-state index in [0.717, 1.165) is 6.54 Å². The molecule has 0 spiro atoms. The van der Waals surface area contributed by atoms with Crippen LogP contribution in [0.3, 0.4) is 0 Å². The Morgan fingerprint density at radius 1 is 1.42 bits per heavy atom. The van der Waals surface area contributed by atoms with Gasteiger partial charge < -0.3 is 20.5 Å². The van der Waals surface area contributed by atoms with Crippen molar-refractivity contribution in [3.05, 3.63) is 29.3 Å². The Hall–Kier alpha value is -1.30. The van der Waals surface area contributed by atoms with Gasteiger partial charge in [0.2, 0.25) is 0 Å². The summed E-state index contributed by atoms with van der Waals surface area (Å²) in [5, 5.41) is 15.9. The van der Waals surface area contributed by atoms with Crippen LogP contribution in [0.15, 0.2) is 24.3 Å². The van der Waals surface area contributed by atoms with Crippen molar-refractivity contribution in [3.8, 4) is 5.75 Å². The van der Waals surface area contributed by atoms with Crippen molar-refractivity contribution in [2.24, 2.45) is 0 Å². The van der Waals surface area contributed by atoms with Crippen molar-refractivity contribution in [1.82, 2.24) is 10.6 Å². The smallest absolute Gasteiger partial charge is 0.322 e. The molecule has 0 aromatic heterocycles. The first-order chi connectivity index (χ1) is 9.16. The lowest BCUT2D eigenvalue weighted by Gasteiger charge is -2.30. The topological polar surface area (TPSA) is 70.6 Å². The van der Waals surface area contributed by atoms with Gasteiger partial charge in [-0.15, -0.1) is 0 Å². The van der Waals surface area contributed by atoms with Crippen LogP contribution >= 0.6 is 11.6 Å². The average Bonchev–Trinajstić information content (AvgIpc) is 2.39. The van der Waals surface area contributed by atoms with Crippen molar-refractivity contribution in [2.75, 3.05) is 19.7 Å². The fraction of sp³-hybridized carbons (Fsp3) is 0.462. The molecular weight excluding hydrogens is 268 g/mol. The Labute approximate surface area is 116 Å². The molecule has 2 atom stereocenters. The number of benzene rings is 1. The largest absolute Gasteiger partial charge is 0.493 e. The van der Waals surface area contributed by atoms with Crippen molar-refractivity contribution in [1.29, 1.82) is 0 Å². The highest BCUT2D eigenvalue weighted by atomic mass is 35.5. The lowest BCUT2D eigenvalue weighted by molar-refractivity contribution is -0.140. The summed E-state index contributed by atoms with van der Waals surface area (Å²) in [6, 6.07) is 6.48. The number of rotatable bonds is 5. The van der Waals surface area contributed by atoms with Crippen LogP contribution in [0.4, 0.5) is 0 Å². The third kappa shape index (κ3) is 4.09. The minimum absolute atomic E-state index is 0.120. The molecule has 1 aliphatic heterocycles. The molecule has 0 radical (unpaired) electrons. The molecule has 1 aromatic rings. The summed E-state index contributed by atoms with van der Waals surface area (Å²) in [4.78, 5) is 11.1. The minimum Gasteiger partial charge on any atom is -0.493 e. The Kier molecular flexibility index (Phi) is 5.01. The molecule has 1 fully saturated rings. The normalized spacial score (nSPS) is 23.0. The van der Waals surface area contributed by atoms with Crippen LogP contribution in [0.25, 0.3) is 0 Å². The number of carboxylic acid groups (broad SMARTS) is 1. The lowest BCUT2D eigenvalue weighted by Crippen LogP contribution is -2.59. The van der Waals surface area contributed by atoms with Gasteiger partial charge in [-0.25, -0.2) is 0 Å². The molecular formula is C13H17ClN2O3. The number of piperazine rings is 1. The van der Waals surface area contributed by atoms with Crippen molar-refractivity contribution < 1.29 is 14.6 Å². The summed E-state index contributed by atoms with van der Waals surface area (Å²) in [7, 11) is 0. The number of nitrogens with one attached hydrogen (secondary N) is 2. The van der Waals surface area contributed by atoms with Crippen LogP contribution < -0.4 is 15.4 Å². The van der Waals surface area contributed by atoms with E-state index in [1.165, 1.54) is 0 Å². The number of aliphatic carboxylic acids is 1. The SMILES string of the molecule is O=C(O)C1NCCN[C@@H]1CCOc1cccc(Cl)c1. The average molecular weight is 285 g/mol. The Morgan fingerprint density at radius 3 is 2.95 bits per heavy atom. The molecule has 104 valence electrons. The molecule has 1 heterocycles. The van der Waals surface area contributed by atoms with Gasteiger partial charge in [-0.2, -0.15) is 0 Å². The molecule has 0 amide bonds. The molecule has 1 aromatic carbocycles. The van der Waals surface area contributed by atoms with E-state index in [9.17, 15) is 4.79 Å². The first-order valence-corrected chi connectivity index (χ1v) is 6.62. The van der Waals surface area contributed by atoms with Crippen LogP contribution in [0.1, 0.15) is 6.42 Å². The molecule has 3 N–H and O–H groups in total. The summed E-state index contributed by atoms with van der Waals surface area (Å²) in [5.41, 5.74) is 0. The quantitative estimate of drug-likeness (QED) is 0.756. The highest BCUT2D eigenvalue weighted by Gasteiger charge is 2.29. The molecule has 1 saturated heterocycles. The Bertz CT molecular complexity index is 442. The van der Waals surface area contributed by atoms with Gasteiger partial charge in [0.05, 0.1) is 6.61 Å². The van der Waals surface area contributed by atoms with E-state index in [1.807, 2.05) is 12.1 Å². The number of carboxylic acids is 1. The zero-order chi connectivity index (χ0) is 13.7. The van der Waals surface area contributed by atoms with E-state index >= 15 is 0 Å². The number of ether oxygens (including phenoxy) is 1. The maximum Gasteiger partial charge on any atom is 0.322 e. The van der Waals surface area contributed by atoms with Crippen LogP contribution in [-0.4, -0.2) is 42.9 Å². The predicted molar refractivity (Wildman–Crippen MR) is 72.8 cm³/mol. The summed E-state index contributed by atoms with van der Waals surface area (Å²) >= 11 is 5.86. The lowest BCUT2D eigenvalue weighted by atomic mass is 10.0. The van der Waals surface area contributed by atoms with Gasteiger partial charge in [0.25, 0.3) is 0 Å². The van der Waals surface area contributed by atoms with Gasteiger partial charge in [-0.05, 0) is 24.6 Å². The second kappa shape index (κ2) is 6.75. The second-order valence-electron chi connectivity index (χ2n) is 4.43. The maximum atomic E-state index is 11.1. The van der Waals surface area contributed by atoms with Gasteiger partial charge >= 0.3 is 5.97 Å². The van der Waals surface area contributed by atoms with Crippen molar-refractivity contribution >= 4 is 17.6 Å². The first kappa shape index (κ1) is 14.1. The van der Waals surface area contributed by atoms with E-state index < -0.39 is 12.0 Å². The number of carbonyl (C=O) groups is 1. The molecule has 1 unspecified atom stereocenters. The molecule has 1 aliphatic rings. The van der Waals surface area contributed by atoms with Crippen molar-refractivity contribution in [3.63, 3.8) is 0 Å². The highest BCUT2D eigenvalue weighted by molar-refractivity contribution is 6.30. The standard InChI is InChI=1S/C13H17ClN2O3/c14-9-2-1-3-10(8-9)19-7-4-11-12(13(17)18)16-6-5-15-11/h1-3,8,11-12,15-16H,4-7H2,(H,17,18)/t11-,12?/m1/s1. The minimum atomic E-state index is -0.833.